The monoisotopic (exact) mass is 394 g/mol. The van der Waals surface area contributed by atoms with Gasteiger partial charge in [0.05, 0.1) is 25.5 Å². The maximum absolute atomic E-state index is 13.0. The van der Waals surface area contributed by atoms with E-state index in [1.807, 2.05) is 48.5 Å². The molecule has 0 N–H and O–H groups in total. The number of carbonyl (C=O) groups excluding carboxylic acids is 2. The van der Waals surface area contributed by atoms with Gasteiger partial charge in [-0.2, -0.15) is 10.2 Å². The summed E-state index contributed by atoms with van der Waals surface area (Å²) in [7, 11) is 0. The fourth-order valence-corrected chi connectivity index (χ4v) is 3.61. The van der Waals surface area contributed by atoms with Gasteiger partial charge in [0.2, 0.25) is 0 Å². The van der Waals surface area contributed by atoms with Crippen LogP contribution in [0.1, 0.15) is 43.0 Å². The molecule has 0 atom stereocenters. The molecule has 0 aromatic heterocycles. The van der Waals surface area contributed by atoms with Crippen molar-refractivity contribution in [2.45, 2.75) is 13.1 Å². The first kappa shape index (κ1) is 18.0. The lowest BCUT2D eigenvalue weighted by atomic mass is 10.1. The smallest absolute Gasteiger partial charge is 0.267 e. The van der Waals surface area contributed by atoms with E-state index in [1.54, 1.807) is 36.7 Å². The summed E-state index contributed by atoms with van der Waals surface area (Å²) in [5, 5.41) is 11.4. The first-order valence-corrected chi connectivity index (χ1v) is 9.66. The normalized spacial score (nSPS) is 14.3. The first-order chi connectivity index (χ1) is 14.7. The summed E-state index contributed by atoms with van der Waals surface area (Å²) in [6.07, 6.45) is 3.37. The molecule has 2 aliphatic heterocycles. The van der Waals surface area contributed by atoms with Crippen LogP contribution in [0.15, 0.2) is 83.0 Å². The van der Waals surface area contributed by atoms with Gasteiger partial charge in [0.1, 0.15) is 0 Å². The van der Waals surface area contributed by atoms with E-state index < -0.39 is 0 Å². The number of nitrogens with zero attached hydrogens (tertiary/aromatic N) is 4. The second kappa shape index (κ2) is 7.40. The van der Waals surface area contributed by atoms with Crippen molar-refractivity contribution in [2.75, 3.05) is 0 Å². The Balaban J connectivity index is 1.36. The van der Waals surface area contributed by atoms with Crippen LogP contribution in [0, 0.1) is 0 Å². The maximum Gasteiger partial charge on any atom is 0.274 e. The molecule has 0 saturated carbocycles. The van der Waals surface area contributed by atoms with Gasteiger partial charge in [0.25, 0.3) is 11.8 Å². The standard InChI is InChI=1S/C24H18N4O2/c29-23(27-15-21-8-3-1-6-19(21)13-25-27)17-10-5-11-18(12-17)24(30)28-16-22-9-4-2-7-20(22)14-26-28/h1-14H,15-16H2. The minimum Gasteiger partial charge on any atom is -0.267 e. The van der Waals surface area contributed by atoms with E-state index in [4.69, 9.17) is 0 Å². The number of hydrogen-bond acceptors (Lipinski definition) is 4. The highest BCUT2D eigenvalue weighted by atomic mass is 16.2. The third-order valence-corrected chi connectivity index (χ3v) is 5.25. The highest BCUT2D eigenvalue weighted by molar-refractivity contribution is 6.01. The van der Waals surface area contributed by atoms with E-state index in [0.717, 1.165) is 22.3 Å². The summed E-state index contributed by atoms with van der Waals surface area (Å²) in [6, 6.07) is 22.4. The zero-order valence-corrected chi connectivity index (χ0v) is 16.1. The van der Waals surface area contributed by atoms with E-state index in [-0.39, 0.29) is 11.8 Å². The minimum absolute atomic E-state index is 0.247. The van der Waals surface area contributed by atoms with E-state index >= 15 is 0 Å². The Morgan fingerprint density at radius 1 is 0.633 bits per heavy atom. The molecule has 0 unspecified atom stereocenters. The molecular formula is C24H18N4O2. The van der Waals surface area contributed by atoms with Gasteiger partial charge in [-0.25, -0.2) is 10.0 Å². The van der Waals surface area contributed by atoms with Gasteiger partial charge in [0.15, 0.2) is 0 Å². The molecule has 2 amide bonds. The van der Waals surface area contributed by atoms with Crippen LogP contribution in [0.5, 0.6) is 0 Å². The number of fused-ring (bicyclic) bond motifs is 2. The lowest BCUT2D eigenvalue weighted by Gasteiger charge is -2.23. The highest BCUT2D eigenvalue weighted by Gasteiger charge is 2.23. The largest absolute Gasteiger partial charge is 0.274 e. The predicted octanol–water partition coefficient (Wildman–Crippen LogP) is 3.67. The van der Waals surface area contributed by atoms with Crippen LogP contribution in [0.25, 0.3) is 0 Å². The molecule has 0 aliphatic carbocycles. The topological polar surface area (TPSA) is 65.3 Å². The van der Waals surface area contributed by atoms with Crippen LogP contribution in [-0.4, -0.2) is 34.3 Å². The molecule has 0 bridgehead atoms. The van der Waals surface area contributed by atoms with Crippen molar-refractivity contribution in [3.63, 3.8) is 0 Å². The molecule has 146 valence electrons. The molecule has 6 heteroatoms. The summed E-state index contributed by atoms with van der Waals surface area (Å²) < 4.78 is 0. The Labute approximate surface area is 173 Å². The lowest BCUT2D eigenvalue weighted by Crippen LogP contribution is -2.30. The molecule has 0 radical (unpaired) electrons. The van der Waals surface area contributed by atoms with Crippen molar-refractivity contribution in [1.29, 1.82) is 0 Å². The second-order valence-electron chi connectivity index (χ2n) is 7.19. The van der Waals surface area contributed by atoms with E-state index in [1.165, 1.54) is 10.0 Å². The van der Waals surface area contributed by atoms with Crippen molar-refractivity contribution in [3.05, 3.63) is 106 Å². The molecule has 5 rings (SSSR count). The fraction of sp³-hybridized carbons (Fsp3) is 0.0833. The van der Waals surface area contributed by atoms with Gasteiger partial charge in [-0.3, -0.25) is 9.59 Å². The Hall–Kier alpha value is -4.06. The number of benzene rings is 3. The van der Waals surface area contributed by atoms with Crippen molar-refractivity contribution < 1.29 is 9.59 Å². The van der Waals surface area contributed by atoms with Crippen LogP contribution >= 0.6 is 0 Å². The SMILES string of the molecule is O=C(c1cccc(C(=O)N2Cc3ccccc3C=N2)c1)N1Cc2ccccc2C=N1. The minimum atomic E-state index is -0.247. The fourth-order valence-electron chi connectivity index (χ4n) is 3.61. The first-order valence-electron chi connectivity index (χ1n) is 9.66. The summed E-state index contributed by atoms with van der Waals surface area (Å²) in [6.45, 7) is 0.799. The number of amides is 2. The van der Waals surface area contributed by atoms with E-state index in [2.05, 4.69) is 10.2 Å². The van der Waals surface area contributed by atoms with Crippen LogP contribution in [-0.2, 0) is 13.1 Å². The van der Waals surface area contributed by atoms with Crippen LogP contribution in [0.2, 0.25) is 0 Å². The van der Waals surface area contributed by atoms with Gasteiger partial charge in [0, 0.05) is 11.1 Å². The molecule has 2 aliphatic rings. The molecule has 0 fully saturated rings. The van der Waals surface area contributed by atoms with Crippen molar-refractivity contribution in [2.24, 2.45) is 10.2 Å². The highest BCUT2D eigenvalue weighted by Crippen LogP contribution is 2.20. The summed E-state index contributed by atoms with van der Waals surface area (Å²) in [5.74, 6) is -0.495. The van der Waals surface area contributed by atoms with Crippen LogP contribution < -0.4 is 0 Å². The Kier molecular flexibility index (Phi) is 4.44. The Morgan fingerprint density at radius 2 is 1.10 bits per heavy atom. The summed E-state index contributed by atoms with van der Waals surface area (Å²) in [5.41, 5.74) is 4.92. The van der Waals surface area contributed by atoms with Gasteiger partial charge < -0.3 is 0 Å². The average Bonchev–Trinajstić information content (AvgIpc) is 2.82. The van der Waals surface area contributed by atoms with Gasteiger partial charge in [-0.05, 0) is 40.5 Å². The third-order valence-electron chi connectivity index (χ3n) is 5.25. The van der Waals surface area contributed by atoms with Gasteiger partial charge in [-0.1, -0.05) is 54.6 Å². The molecule has 0 spiro atoms. The van der Waals surface area contributed by atoms with Crippen molar-refractivity contribution >= 4 is 24.2 Å². The van der Waals surface area contributed by atoms with Crippen LogP contribution in [0.4, 0.5) is 0 Å². The number of hydrogen-bond donors (Lipinski definition) is 0. The zero-order chi connectivity index (χ0) is 20.5. The predicted molar refractivity (Wildman–Crippen MR) is 114 cm³/mol. The van der Waals surface area contributed by atoms with Crippen molar-refractivity contribution in [1.82, 2.24) is 10.0 Å². The van der Waals surface area contributed by atoms with Crippen LogP contribution in [0.3, 0.4) is 0 Å². The number of rotatable bonds is 2. The number of hydrazone groups is 2. The zero-order valence-electron chi connectivity index (χ0n) is 16.1. The molecular weight excluding hydrogens is 376 g/mol. The molecule has 3 aromatic rings. The summed E-state index contributed by atoms with van der Waals surface area (Å²) >= 11 is 0. The van der Waals surface area contributed by atoms with E-state index in [9.17, 15) is 9.59 Å². The quantitative estimate of drug-likeness (QED) is 0.666. The average molecular weight is 394 g/mol. The van der Waals surface area contributed by atoms with Crippen molar-refractivity contribution in [3.8, 4) is 0 Å². The molecule has 6 nitrogen and oxygen atoms in total. The van der Waals surface area contributed by atoms with Gasteiger partial charge >= 0.3 is 0 Å². The third kappa shape index (κ3) is 3.28. The second-order valence-corrected chi connectivity index (χ2v) is 7.19. The summed E-state index contributed by atoms with van der Waals surface area (Å²) in [4.78, 5) is 26.0. The maximum atomic E-state index is 13.0. The molecule has 30 heavy (non-hydrogen) atoms. The Morgan fingerprint density at radius 3 is 1.60 bits per heavy atom. The van der Waals surface area contributed by atoms with E-state index in [0.29, 0.717) is 24.2 Å². The molecule has 2 heterocycles. The Bertz CT molecular complexity index is 1120. The molecule has 3 aromatic carbocycles. The molecule has 0 saturated heterocycles. The number of carbonyl (C=O) groups is 2. The van der Waals surface area contributed by atoms with Gasteiger partial charge in [-0.15, -0.1) is 0 Å². The lowest BCUT2D eigenvalue weighted by molar-refractivity contribution is 0.0744.